The van der Waals surface area contributed by atoms with Crippen LogP contribution in [0.25, 0.3) is 0 Å². The molecule has 1 saturated heterocycles. The molecule has 132 valence electrons. The average Bonchev–Trinajstić information content (AvgIpc) is 2.56. The van der Waals surface area contributed by atoms with Crippen molar-refractivity contribution in [3.05, 3.63) is 42.5 Å². The van der Waals surface area contributed by atoms with Crippen molar-refractivity contribution in [2.75, 3.05) is 5.32 Å². The zero-order valence-electron chi connectivity index (χ0n) is 15.4. The van der Waals surface area contributed by atoms with E-state index >= 15 is 0 Å². The average molecular weight is 338 g/mol. The summed E-state index contributed by atoms with van der Waals surface area (Å²) in [5.74, 6) is 2.43. The Bertz CT molecular complexity index is 782. The first kappa shape index (κ1) is 16.3. The van der Waals surface area contributed by atoms with Crippen molar-refractivity contribution in [2.45, 2.75) is 58.0 Å². The first-order valence-corrected chi connectivity index (χ1v) is 9.02. The van der Waals surface area contributed by atoms with Crippen LogP contribution in [0.1, 0.15) is 47.0 Å². The Morgan fingerprint density at radius 2 is 1.60 bits per heavy atom. The van der Waals surface area contributed by atoms with Crippen LogP contribution in [0.4, 0.5) is 11.4 Å². The quantitative estimate of drug-likeness (QED) is 0.633. The summed E-state index contributed by atoms with van der Waals surface area (Å²) < 4.78 is 6.05. The zero-order chi connectivity index (χ0) is 17.7. The summed E-state index contributed by atoms with van der Waals surface area (Å²) in [5.41, 5.74) is 1.82. The molecule has 0 radical (unpaired) electrons. The largest absolute Gasteiger partial charge is 0.453 e. The predicted molar refractivity (Wildman–Crippen MR) is 101 cm³/mol. The topological polar surface area (TPSA) is 33.7 Å². The molecule has 4 heteroatoms. The number of anilines is 2. The number of nitrogens with one attached hydrogen (secondary N) is 1. The molecular formula is C21H26N2O2. The summed E-state index contributed by atoms with van der Waals surface area (Å²) in [6, 6.07) is 13.9. The van der Waals surface area contributed by atoms with Crippen molar-refractivity contribution in [2.24, 2.45) is 0 Å². The maximum absolute atomic E-state index is 6.49. The van der Waals surface area contributed by atoms with Gasteiger partial charge >= 0.3 is 0 Å². The molecule has 1 fully saturated rings. The van der Waals surface area contributed by atoms with Gasteiger partial charge in [0.05, 0.1) is 16.8 Å². The Hall–Kier alpha value is -2.20. The molecule has 4 rings (SSSR count). The lowest BCUT2D eigenvalue weighted by atomic mass is 9.82. The number of hydrogen-bond acceptors (Lipinski definition) is 4. The molecule has 0 aromatic heterocycles. The van der Waals surface area contributed by atoms with Crippen molar-refractivity contribution >= 4 is 11.4 Å². The maximum Gasteiger partial charge on any atom is 0.174 e. The van der Waals surface area contributed by atoms with Crippen molar-refractivity contribution < 1.29 is 9.57 Å². The number of nitrogens with zero attached hydrogens (tertiary/aromatic N) is 1. The number of fused-ring (bicyclic) bond motifs is 2. The van der Waals surface area contributed by atoms with Gasteiger partial charge in [-0.15, -0.1) is 5.06 Å². The van der Waals surface area contributed by atoms with E-state index in [1.54, 1.807) is 0 Å². The van der Waals surface area contributed by atoms with E-state index in [1.807, 2.05) is 42.5 Å². The van der Waals surface area contributed by atoms with Gasteiger partial charge in [-0.25, -0.2) is 0 Å². The van der Waals surface area contributed by atoms with E-state index in [0.717, 1.165) is 41.5 Å². The minimum absolute atomic E-state index is 0.0160. The van der Waals surface area contributed by atoms with E-state index in [9.17, 15) is 0 Å². The summed E-state index contributed by atoms with van der Waals surface area (Å²) in [4.78, 5) is 6.49. The molecule has 0 atom stereocenters. The molecular weight excluding hydrogens is 312 g/mol. The standard InChI is InChI=1S/C21H26N2O2/c1-20(2)13-8-14-21(3,4)23(20)25-18-12-7-11-17-19(18)22-15-9-5-6-10-16(15)24-17/h5-7,9-12,22H,8,13-14H2,1-4H3. The van der Waals surface area contributed by atoms with Crippen LogP contribution in [0, 0.1) is 0 Å². The Kier molecular flexibility index (Phi) is 3.69. The number of rotatable bonds is 2. The minimum Gasteiger partial charge on any atom is -0.453 e. The SMILES string of the molecule is CC1(C)CCCC(C)(C)N1Oc1cccc2c1Nc1ccccc1O2. The first-order valence-electron chi connectivity index (χ1n) is 9.02. The molecule has 2 aromatic carbocycles. The Morgan fingerprint density at radius 1 is 0.920 bits per heavy atom. The fraction of sp³-hybridized carbons (Fsp3) is 0.429. The lowest BCUT2D eigenvalue weighted by Crippen LogP contribution is -2.59. The van der Waals surface area contributed by atoms with Crippen molar-refractivity contribution in [3.8, 4) is 17.2 Å². The van der Waals surface area contributed by atoms with Crippen molar-refractivity contribution in [3.63, 3.8) is 0 Å². The normalized spacial score (nSPS) is 20.6. The molecule has 4 nitrogen and oxygen atoms in total. The lowest BCUT2D eigenvalue weighted by Gasteiger charge is -2.51. The van der Waals surface area contributed by atoms with Gasteiger partial charge in [0.2, 0.25) is 0 Å². The van der Waals surface area contributed by atoms with Crippen LogP contribution >= 0.6 is 0 Å². The second-order valence-electron chi connectivity index (χ2n) is 8.22. The fourth-order valence-corrected chi connectivity index (χ4v) is 4.03. The number of hydrogen-bond donors (Lipinski definition) is 1. The molecule has 0 spiro atoms. The van der Waals surface area contributed by atoms with Crippen LogP contribution in [0.2, 0.25) is 0 Å². The van der Waals surface area contributed by atoms with Gasteiger partial charge in [-0.05, 0) is 71.2 Å². The zero-order valence-corrected chi connectivity index (χ0v) is 15.4. The van der Waals surface area contributed by atoms with Crippen LogP contribution in [0.5, 0.6) is 17.2 Å². The molecule has 2 aromatic rings. The number of para-hydroxylation sites is 3. The summed E-state index contributed by atoms with van der Waals surface area (Å²) in [5, 5.41) is 5.64. The summed E-state index contributed by atoms with van der Waals surface area (Å²) >= 11 is 0. The van der Waals surface area contributed by atoms with Crippen LogP contribution in [0.3, 0.4) is 0 Å². The molecule has 0 amide bonds. The highest BCUT2D eigenvalue weighted by atomic mass is 16.7. The van der Waals surface area contributed by atoms with Gasteiger partial charge in [0.25, 0.3) is 0 Å². The van der Waals surface area contributed by atoms with Gasteiger partial charge in [-0.1, -0.05) is 18.2 Å². The smallest absolute Gasteiger partial charge is 0.174 e. The number of piperidine rings is 1. The highest BCUT2D eigenvalue weighted by Gasteiger charge is 2.44. The molecule has 0 bridgehead atoms. The van der Waals surface area contributed by atoms with Gasteiger partial charge in [0.1, 0.15) is 5.69 Å². The van der Waals surface area contributed by atoms with Crippen molar-refractivity contribution in [1.82, 2.24) is 5.06 Å². The third-order valence-corrected chi connectivity index (χ3v) is 5.22. The predicted octanol–water partition coefficient (Wildman–Crippen LogP) is 5.87. The van der Waals surface area contributed by atoms with Gasteiger partial charge in [0, 0.05) is 0 Å². The van der Waals surface area contributed by atoms with Crippen LogP contribution in [-0.2, 0) is 0 Å². The van der Waals surface area contributed by atoms with Gasteiger partial charge in [0.15, 0.2) is 17.2 Å². The van der Waals surface area contributed by atoms with Crippen molar-refractivity contribution in [1.29, 1.82) is 0 Å². The molecule has 0 unspecified atom stereocenters. The van der Waals surface area contributed by atoms with E-state index in [4.69, 9.17) is 9.57 Å². The van der Waals surface area contributed by atoms with E-state index in [1.165, 1.54) is 6.42 Å². The van der Waals surface area contributed by atoms with E-state index in [-0.39, 0.29) is 11.1 Å². The highest BCUT2D eigenvalue weighted by Crippen LogP contribution is 2.48. The Balaban J connectivity index is 1.69. The molecule has 2 aliphatic heterocycles. The van der Waals surface area contributed by atoms with E-state index < -0.39 is 0 Å². The summed E-state index contributed by atoms with van der Waals surface area (Å²) in [6.45, 7) is 9.01. The molecule has 2 heterocycles. The number of benzene rings is 2. The Labute approximate surface area is 149 Å². The van der Waals surface area contributed by atoms with Gasteiger partial charge < -0.3 is 14.9 Å². The summed E-state index contributed by atoms with van der Waals surface area (Å²) in [7, 11) is 0. The van der Waals surface area contributed by atoms with E-state index in [2.05, 4.69) is 38.1 Å². The Morgan fingerprint density at radius 3 is 2.36 bits per heavy atom. The molecule has 0 aliphatic carbocycles. The molecule has 2 aliphatic rings. The highest BCUT2D eigenvalue weighted by molar-refractivity contribution is 5.79. The molecule has 1 N–H and O–H groups in total. The first-order chi connectivity index (χ1) is 11.9. The van der Waals surface area contributed by atoms with Crippen LogP contribution < -0.4 is 14.9 Å². The monoisotopic (exact) mass is 338 g/mol. The van der Waals surface area contributed by atoms with E-state index in [0.29, 0.717) is 0 Å². The fourth-order valence-electron chi connectivity index (χ4n) is 4.03. The second-order valence-corrected chi connectivity index (χ2v) is 8.22. The maximum atomic E-state index is 6.49. The number of hydroxylamine groups is 2. The van der Waals surface area contributed by atoms with Gasteiger partial charge in [-0.3, -0.25) is 0 Å². The minimum atomic E-state index is -0.0160. The molecule has 0 saturated carbocycles. The molecule has 25 heavy (non-hydrogen) atoms. The third-order valence-electron chi connectivity index (χ3n) is 5.22. The number of ether oxygens (including phenoxy) is 1. The summed E-state index contributed by atoms with van der Waals surface area (Å²) in [6.07, 6.45) is 3.47. The van der Waals surface area contributed by atoms with Gasteiger partial charge in [-0.2, -0.15) is 0 Å². The van der Waals surface area contributed by atoms with Crippen LogP contribution in [-0.4, -0.2) is 16.1 Å². The lowest BCUT2D eigenvalue weighted by molar-refractivity contribution is -0.216. The third kappa shape index (κ3) is 2.85. The second kappa shape index (κ2) is 5.67. The van der Waals surface area contributed by atoms with Crippen LogP contribution in [0.15, 0.2) is 42.5 Å².